The van der Waals surface area contributed by atoms with Crippen molar-refractivity contribution < 1.29 is 8.42 Å². The molecular formula is C13H22IN3O2S. The van der Waals surface area contributed by atoms with Gasteiger partial charge in [-0.2, -0.15) is 0 Å². The fraction of sp³-hybridized carbons (Fsp3) is 0.462. The van der Waals surface area contributed by atoms with E-state index in [4.69, 9.17) is 5.73 Å². The van der Waals surface area contributed by atoms with Crippen LogP contribution < -0.4 is 11.1 Å². The molecular weight excluding hydrogens is 389 g/mol. The first kappa shape index (κ1) is 19.2. The van der Waals surface area contributed by atoms with Crippen molar-refractivity contribution in [1.29, 1.82) is 0 Å². The number of rotatable bonds is 4. The van der Waals surface area contributed by atoms with Gasteiger partial charge >= 0.3 is 0 Å². The molecule has 0 fully saturated rings. The Morgan fingerprint density at radius 2 is 2.00 bits per heavy atom. The summed E-state index contributed by atoms with van der Waals surface area (Å²) >= 11 is 0. The van der Waals surface area contributed by atoms with Gasteiger partial charge in [0.1, 0.15) is 0 Å². The van der Waals surface area contributed by atoms with Gasteiger partial charge < -0.3 is 11.1 Å². The van der Waals surface area contributed by atoms with Crippen LogP contribution in [0, 0.1) is 6.92 Å². The number of aryl methyl sites for hydroxylation is 1. The van der Waals surface area contributed by atoms with Crippen LogP contribution in [0.2, 0.25) is 0 Å². The van der Waals surface area contributed by atoms with Crippen molar-refractivity contribution in [2.45, 2.75) is 38.3 Å². The van der Waals surface area contributed by atoms with E-state index < -0.39 is 9.84 Å². The predicted molar refractivity (Wildman–Crippen MR) is 93.3 cm³/mol. The van der Waals surface area contributed by atoms with E-state index in [0.29, 0.717) is 17.4 Å². The molecule has 20 heavy (non-hydrogen) atoms. The van der Waals surface area contributed by atoms with Crippen molar-refractivity contribution in [2.24, 2.45) is 10.7 Å². The highest BCUT2D eigenvalue weighted by Crippen LogP contribution is 2.17. The summed E-state index contributed by atoms with van der Waals surface area (Å²) in [4.78, 5) is 4.56. The molecule has 1 aromatic carbocycles. The third kappa shape index (κ3) is 6.08. The van der Waals surface area contributed by atoms with Gasteiger partial charge in [0.25, 0.3) is 0 Å². The molecule has 0 atom stereocenters. The van der Waals surface area contributed by atoms with Gasteiger partial charge in [0, 0.05) is 12.3 Å². The van der Waals surface area contributed by atoms with Gasteiger partial charge in [-0.1, -0.05) is 12.1 Å². The van der Waals surface area contributed by atoms with Crippen molar-refractivity contribution in [3.8, 4) is 0 Å². The molecule has 0 aliphatic rings. The number of nitrogens with two attached hydrogens (primary N) is 1. The summed E-state index contributed by atoms with van der Waals surface area (Å²) in [6.45, 7) is 6.16. The second-order valence-electron chi connectivity index (χ2n) is 4.87. The number of halogens is 1. The lowest BCUT2D eigenvalue weighted by molar-refractivity contribution is 0.601. The SMILES string of the molecule is Cc1cc(CN=C(N)NC(C)C)ccc1S(C)(=O)=O.I. The number of hydrogen-bond acceptors (Lipinski definition) is 3. The Balaban J connectivity index is 0.00000361. The summed E-state index contributed by atoms with van der Waals surface area (Å²) in [6, 6.07) is 5.43. The highest BCUT2D eigenvalue weighted by molar-refractivity contribution is 14.0. The fourth-order valence-corrected chi connectivity index (χ4v) is 2.70. The average Bonchev–Trinajstić information content (AvgIpc) is 2.23. The summed E-state index contributed by atoms with van der Waals surface area (Å²) in [5, 5.41) is 3.00. The Hall–Kier alpha value is -0.830. The van der Waals surface area contributed by atoms with E-state index in [9.17, 15) is 8.42 Å². The maximum absolute atomic E-state index is 11.5. The highest BCUT2D eigenvalue weighted by Gasteiger charge is 2.10. The zero-order chi connectivity index (χ0) is 14.6. The van der Waals surface area contributed by atoms with Gasteiger partial charge in [-0.3, -0.25) is 0 Å². The van der Waals surface area contributed by atoms with Crippen LogP contribution in [0.5, 0.6) is 0 Å². The minimum atomic E-state index is -3.17. The van der Waals surface area contributed by atoms with Gasteiger partial charge in [0.15, 0.2) is 15.8 Å². The molecule has 1 aromatic rings. The van der Waals surface area contributed by atoms with Crippen molar-refractivity contribution in [1.82, 2.24) is 5.32 Å². The lowest BCUT2D eigenvalue weighted by Crippen LogP contribution is -2.36. The molecule has 0 aromatic heterocycles. The largest absolute Gasteiger partial charge is 0.370 e. The normalized spacial score (nSPS) is 12.2. The van der Waals surface area contributed by atoms with Crippen LogP contribution in [0.4, 0.5) is 0 Å². The molecule has 0 heterocycles. The molecule has 0 unspecified atom stereocenters. The van der Waals surface area contributed by atoms with Crippen LogP contribution >= 0.6 is 24.0 Å². The van der Waals surface area contributed by atoms with Gasteiger partial charge in [0.2, 0.25) is 0 Å². The number of guanidine groups is 1. The van der Waals surface area contributed by atoms with Gasteiger partial charge in [0.05, 0.1) is 11.4 Å². The Kier molecular flexibility index (Phi) is 7.50. The Bertz CT molecular complexity index is 583. The average molecular weight is 411 g/mol. The topological polar surface area (TPSA) is 84.5 Å². The monoisotopic (exact) mass is 411 g/mol. The second-order valence-corrected chi connectivity index (χ2v) is 6.86. The molecule has 0 saturated carbocycles. The molecule has 114 valence electrons. The first-order chi connectivity index (χ1) is 8.70. The third-order valence-corrected chi connectivity index (χ3v) is 3.76. The zero-order valence-electron chi connectivity index (χ0n) is 12.2. The molecule has 0 amide bonds. The van der Waals surface area contributed by atoms with E-state index in [-0.39, 0.29) is 30.0 Å². The van der Waals surface area contributed by atoms with Crippen LogP contribution in [0.25, 0.3) is 0 Å². The maximum Gasteiger partial charge on any atom is 0.189 e. The first-order valence-electron chi connectivity index (χ1n) is 6.06. The zero-order valence-corrected chi connectivity index (χ0v) is 15.3. The molecule has 0 bridgehead atoms. The summed E-state index contributed by atoms with van der Waals surface area (Å²) in [6.07, 6.45) is 1.21. The summed E-state index contributed by atoms with van der Waals surface area (Å²) in [7, 11) is -3.17. The molecule has 1 rings (SSSR count). The molecule has 7 heteroatoms. The van der Waals surface area contributed by atoms with E-state index in [0.717, 1.165) is 11.1 Å². The number of hydrogen-bond donors (Lipinski definition) is 2. The minimum absolute atomic E-state index is 0. The molecule has 0 spiro atoms. The lowest BCUT2D eigenvalue weighted by atomic mass is 10.1. The molecule has 0 aliphatic heterocycles. The van der Waals surface area contributed by atoms with Crippen LogP contribution in [0.1, 0.15) is 25.0 Å². The van der Waals surface area contributed by atoms with Crippen LogP contribution in [0.3, 0.4) is 0 Å². The van der Waals surface area contributed by atoms with E-state index in [1.165, 1.54) is 6.26 Å². The van der Waals surface area contributed by atoms with Crippen LogP contribution in [-0.2, 0) is 16.4 Å². The number of nitrogens with zero attached hydrogens (tertiary/aromatic N) is 1. The Labute approximate surface area is 138 Å². The summed E-state index contributed by atoms with van der Waals surface area (Å²) < 4.78 is 23.0. The van der Waals surface area contributed by atoms with Gasteiger partial charge in [-0.15, -0.1) is 24.0 Å². The fourth-order valence-electron chi connectivity index (χ4n) is 1.74. The van der Waals surface area contributed by atoms with Gasteiger partial charge in [-0.25, -0.2) is 13.4 Å². The predicted octanol–water partition coefficient (Wildman–Crippen LogP) is 1.83. The highest BCUT2D eigenvalue weighted by atomic mass is 127. The molecule has 0 radical (unpaired) electrons. The number of nitrogens with one attached hydrogen (secondary N) is 1. The molecule has 0 saturated heterocycles. The standard InChI is InChI=1S/C13H21N3O2S.HI/c1-9(2)16-13(14)15-8-11-5-6-12(10(3)7-11)19(4,17)18;/h5-7,9H,8H2,1-4H3,(H3,14,15,16);1H. The lowest BCUT2D eigenvalue weighted by Gasteiger charge is -2.09. The Morgan fingerprint density at radius 1 is 1.40 bits per heavy atom. The van der Waals surface area contributed by atoms with Crippen molar-refractivity contribution in [2.75, 3.05) is 6.26 Å². The van der Waals surface area contributed by atoms with Crippen molar-refractivity contribution in [3.05, 3.63) is 29.3 Å². The Morgan fingerprint density at radius 3 is 2.45 bits per heavy atom. The smallest absolute Gasteiger partial charge is 0.189 e. The number of sulfone groups is 1. The maximum atomic E-state index is 11.5. The van der Waals surface area contributed by atoms with E-state index >= 15 is 0 Å². The molecule has 3 N–H and O–H groups in total. The number of benzene rings is 1. The minimum Gasteiger partial charge on any atom is -0.370 e. The van der Waals surface area contributed by atoms with E-state index in [1.807, 2.05) is 19.9 Å². The van der Waals surface area contributed by atoms with E-state index in [1.54, 1.807) is 19.1 Å². The number of aliphatic imine (C=N–C) groups is 1. The summed E-state index contributed by atoms with van der Waals surface area (Å²) in [5.74, 6) is 0.389. The first-order valence-corrected chi connectivity index (χ1v) is 7.95. The van der Waals surface area contributed by atoms with Crippen LogP contribution in [-0.4, -0.2) is 26.7 Å². The summed E-state index contributed by atoms with van der Waals surface area (Å²) in [5.41, 5.74) is 7.36. The van der Waals surface area contributed by atoms with E-state index in [2.05, 4.69) is 10.3 Å². The molecule has 5 nitrogen and oxygen atoms in total. The van der Waals surface area contributed by atoms with Crippen molar-refractivity contribution >= 4 is 39.8 Å². The second kappa shape index (κ2) is 7.82. The van der Waals surface area contributed by atoms with Crippen LogP contribution in [0.15, 0.2) is 28.1 Å². The third-order valence-electron chi connectivity index (χ3n) is 2.51. The molecule has 0 aliphatic carbocycles. The quantitative estimate of drug-likeness (QED) is 0.450. The van der Waals surface area contributed by atoms with Crippen molar-refractivity contribution in [3.63, 3.8) is 0 Å². The van der Waals surface area contributed by atoms with Gasteiger partial charge in [-0.05, 0) is 38.0 Å².